The highest BCUT2D eigenvalue weighted by molar-refractivity contribution is 5.80. The maximum absolute atomic E-state index is 11.8. The molecule has 0 spiro atoms. The van der Waals surface area contributed by atoms with E-state index in [9.17, 15) is 14.7 Å². The maximum atomic E-state index is 11.8. The van der Waals surface area contributed by atoms with E-state index >= 15 is 0 Å². The van der Waals surface area contributed by atoms with E-state index in [1.54, 1.807) is 43.5 Å². The third kappa shape index (κ3) is 5.31. The van der Waals surface area contributed by atoms with Crippen molar-refractivity contribution in [2.24, 2.45) is 0 Å². The van der Waals surface area contributed by atoms with Crippen molar-refractivity contribution < 1.29 is 24.2 Å². The molecule has 2 N–H and O–H groups in total. The van der Waals surface area contributed by atoms with Gasteiger partial charge in [0.15, 0.2) is 0 Å². The Bertz CT molecular complexity index is 670. The van der Waals surface area contributed by atoms with Gasteiger partial charge in [0, 0.05) is 6.42 Å². The van der Waals surface area contributed by atoms with Crippen LogP contribution in [0.15, 0.2) is 54.6 Å². The molecular formula is C18H19NO5. The van der Waals surface area contributed by atoms with Gasteiger partial charge in [-0.2, -0.15) is 0 Å². The van der Waals surface area contributed by atoms with Crippen LogP contribution in [0.25, 0.3) is 0 Å². The van der Waals surface area contributed by atoms with Crippen molar-refractivity contribution in [3.8, 4) is 5.75 Å². The van der Waals surface area contributed by atoms with Gasteiger partial charge < -0.3 is 19.9 Å². The quantitative estimate of drug-likeness (QED) is 0.815. The molecule has 0 bridgehead atoms. The van der Waals surface area contributed by atoms with Gasteiger partial charge in [0.1, 0.15) is 18.4 Å². The molecule has 2 aromatic carbocycles. The molecule has 0 aromatic heterocycles. The van der Waals surface area contributed by atoms with Crippen molar-refractivity contribution in [2.45, 2.75) is 19.1 Å². The molecule has 2 aromatic rings. The van der Waals surface area contributed by atoms with Crippen LogP contribution in [0.2, 0.25) is 0 Å². The summed E-state index contributed by atoms with van der Waals surface area (Å²) in [6.07, 6.45) is -0.581. The molecule has 1 atom stereocenters. The number of methoxy groups -OCH3 is 1. The van der Waals surface area contributed by atoms with Crippen LogP contribution in [0.4, 0.5) is 4.79 Å². The standard InChI is InChI=1S/C18H19NO5/c1-23-15-9-7-14(8-10-15)12-24-18(22)19-16(17(20)21)11-13-5-3-2-4-6-13/h2-10,16H,11-12H2,1H3,(H,19,22)(H,20,21)/t16-/m0/s1. The van der Waals surface area contributed by atoms with E-state index in [0.717, 1.165) is 11.1 Å². The number of nitrogens with one attached hydrogen (secondary N) is 1. The van der Waals surface area contributed by atoms with Crippen LogP contribution < -0.4 is 10.1 Å². The Morgan fingerprint density at radius 3 is 2.29 bits per heavy atom. The summed E-state index contributed by atoms with van der Waals surface area (Å²) in [5, 5.41) is 11.6. The van der Waals surface area contributed by atoms with Crippen LogP contribution in [0, 0.1) is 0 Å². The number of rotatable bonds is 7. The molecular weight excluding hydrogens is 310 g/mol. The van der Waals surface area contributed by atoms with E-state index in [1.165, 1.54) is 0 Å². The van der Waals surface area contributed by atoms with E-state index in [4.69, 9.17) is 9.47 Å². The molecule has 0 heterocycles. The molecule has 0 aliphatic heterocycles. The fraction of sp³-hybridized carbons (Fsp3) is 0.222. The molecule has 0 aliphatic rings. The number of carboxylic acids is 1. The van der Waals surface area contributed by atoms with Gasteiger partial charge in [-0.05, 0) is 23.3 Å². The third-order valence-corrected chi connectivity index (χ3v) is 3.40. The fourth-order valence-electron chi connectivity index (χ4n) is 2.10. The lowest BCUT2D eigenvalue weighted by Crippen LogP contribution is -2.42. The number of carboxylic acid groups (broad SMARTS) is 1. The number of aliphatic carboxylic acids is 1. The molecule has 0 aliphatic carbocycles. The molecule has 1 amide bonds. The Labute approximate surface area is 140 Å². The van der Waals surface area contributed by atoms with Crippen LogP contribution in [-0.4, -0.2) is 30.3 Å². The highest BCUT2D eigenvalue weighted by atomic mass is 16.5. The zero-order valence-corrected chi connectivity index (χ0v) is 13.3. The number of amides is 1. The van der Waals surface area contributed by atoms with E-state index in [-0.39, 0.29) is 13.0 Å². The first-order chi connectivity index (χ1) is 11.6. The van der Waals surface area contributed by atoms with Crippen molar-refractivity contribution in [1.29, 1.82) is 0 Å². The molecule has 0 saturated carbocycles. The van der Waals surface area contributed by atoms with E-state index in [2.05, 4.69) is 5.32 Å². The SMILES string of the molecule is COc1ccc(COC(=O)N[C@@H](Cc2ccccc2)C(=O)O)cc1. The third-order valence-electron chi connectivity index (χ3n) is 3.40. The van der Waals surface area contributed by atoms with Gasteiger partial charge in [-0.15, -0.1) is 0 Å². The summed E-state index contributed by atoms with van der Waals surface area (Å²) < 4.78 is 10.1. The molecule has 6 heteroatoms. The number of hydrogen-bond acceptors (Lipinski definition) is 4. The summed E-state index contributed by atoms with van der Waals surface area (Å²) in [6, 6.07) is 15.1. The predicted octanol–water partition coefficient (Wildman–Crippen LogP) is 2.62. The molecule has 0 saturated heterocycles. The van der Waals surface area contributed by atoms with Crippen LogP contribution >= 0.6 is 0 Å². The Morgan fingerprint density at radius 1 is 1.04 bits per heavy atom. The Kier molecular flexibility index (Phi) is 6.19. The molecule has 0 fully saturated rings. The smallest absolute Gasteiger partial charge is 0.408 e. The average Bonchev–Trinajstić information content (AvgIpc) is 2.60. The van der Waals surface area contributed by atoms with E-state index in [0.29, 0.717) is 5.75 Å². The van der Waals surface area contributed by atoms with Crippen molar-refractivity contribution in [1.82, 2.24) is 5.32 Å². The van der Waals surface area contributed by atoms with Crippen LogP contribution in [-0.2, 0) is 22.6 Å². The highest BCUT2D eigenvalue weighted by Gasteiger charge is 2.21. The molecule has 0 radical (unpaired) electrons. The van der Waals surface area contributed by atoms with Crippen molar-refractivity contribution in [2.75, 3.05) is 7.11 Å². The van der Waals surface area contributed by atoms with Gasteiger partial charge in [0.2, 0.25) is 0 Å². The van der Waals surface area contributed by atoms with Crippen LogP contribution in [0.5, 0.6) is 5.75 Å². The van der Waals surface area contributed by atoms with Gasteiger partial charge in [0.25, 0.3) is 0 Å². The van der Waals surface area contributed by atoms with Crippen molar-refractivity contribution >= 4 is 12.1 Å². The molecule has 126 valence electrons. The van der Waals surface area contributed by atoms with Crippen LogP contribution in [0.1, 0.15) is 11.1 Å². The summed E-state index contributed by atoms with van der Waals surface area (Å²) in [5.74, 6) is -0.405. The predicted molar refractivity (Wildman–Crippen MR) is 87.9 cm³/mol. The summed E-state index contributed by atoms with van der Waals surface area (Å²) in [4.78, 5) is 23.1. The second-order valence-corrected chi connectivity index (χ2v) is 5.15. The monoisotopic (exact) mass is 329 g/mol. The summed E-state index contributed by atoms with van der Waals surface area (Å²) >= 11 is 0. The second-order valence-electron chi connectivity index (χ2n) is 5.15. The van der Waals surface area contributed by atoms with Crippen molar-refractivity contribution in [3.63, 3.8) is 0 Å². The average molecular weight is 329 g/mol. The molecule has 0 unspecified atom stereocenters. The van der Waals surface area contributed by atoms with E-state index < -0.39 is 18.1 Å². The first-order valence-electron chi connectivity index (χ1n) is 7.41. The summed E-state index contributed by atoms with van der Waals surface area (Å²) in [6.45, 7) is 0.0491. The van der Waals surface area contributed by atoms with Crippen molar-refractivity contribution in [3.05, 3.63) is 65.7 Å². The molecule has 6 nitrogen and oxygen atoms in total. The topological polar surface area (TPSA) is 84.9 Å². The highest BCUT2D eigenvalue weighted by Crippen LogP contribution is 2.12. The van der Waals surface area contributed by atoms with Gasteiger partial charge in [-0.25, -0.2) is 9.59 Å². The number of hydrogen-bond donors (Lipinski definition) is 2. The first-order valence-corrected chi connectivity index (χ1v) is 7.41. The number of alkyl carbamates (subject to hydrolysis) is 1. The van der Waals surface area contributed by atoms with Gasteiger partial charge in [-0.3, -0.25) is 0 Å². The second kappa shape index (κ2) is 8.57. The number of carbonyl (C=O) groups excluding carboxylic acids is 1. The summed E-state index contributed by atoms with van der Waals surface area (Å²) in [7, 11) is 1.57. The summed E-state index contributed by atoms with van der Waals surface area (Å²) in [5.41, 5.74) is 1.60. The van der Waals surface area contributed by atoms with Gasteiger partial charge in [0.05, 0.1) is 7.11 Å². The molecule has 2 rings (SSSR count). The minimum atomic E-state index is -1.11. The minimum Gasteiger partial charge on any atom is -0.497 e. The first kappa shape index (κ1) is 17.3. The number of benzene rings is 2. The Balaban J connectivity index is 1.87. The number of ether oxygens (including phenoxy) is 2. The normalized spacial score (nSPS) is 11.4. The lowest BCUT2D eigenvalue weighted by molar-refractivity contribution is -0.139. The lowest BCUT2D eigenvalue weighted by Gasteiger charge is -2.14. The fourth-order valence-corrected chi connectivity index (χ4v) is 2.10. The molecule has 24 heavy (non-hydrogen) atoms. The Hall–Kier alpha value is -3.02. The minimum absolute atomic E-state index is 0.0491. The lowest BCUT2D eigenvalue weighted by atomic mass is 10.1. The number of carbonyl (C=O) groups is 2. The maximum Gasteiger partial charge on any atom is 0.408 e. The largest absolute Gasteiger partial charge is 0.497 e. The van der Waals surface area contributed by atoms with Gasteiger partial charge in [-0.1, -0.05) is 42.5 Å². The van der Waals surface area contributed by atoms with Gasteiger partial charge >= 0.3 is 12.1 Å². The van der Waals surface area contributed by atoms with E-state index in [1.807, 2.05) is 18.2 Å². The zero-order chi connectivity index (χ0) is 17.4. The zero-order valence-electron chi connectivity index (χ0n) is 13.3. The Morgan fingerprint density at radius 2 is 1.71 bits per heavy atom. The van der Waals surface area contributed by atoms with Crippen LogP contribution in [0.3, 0.4) is 0 Å².